The van der Waals surface area contributed by atoms with Gasteiger partial charge in [-0.3, -0.25) is 0 Å². The second-order valence-corrected chi connectivity index (χ2v) is 25.8. The van der Waals surface area contributed by atoms with Crippen molar-refractivity contribution in [1.29, 1.82) is 0 Å². The van der Waals surface area contributed by atoms with Crippen molar-refractivity contribution in [2.45, 2.75) is 62.3 Å². The Balaban J connectivity index is 0.000000113. The third kappa shape index (κ3) is 11.9. The second-order valence-electron chi connectivity index (χ2n) is 25.8. The molecule has 20 heteroatoms. The van der Waals surface area contributed by atoms with E-state index in [1.165, 1.54) is 50.2 Å². The second kappa shape index (κ2) is 24.4. The lowest BCUT2D eigenvalue weighted by Crippen LogP contribution is -2.61. The van der Waals surface area contributed by atoms with Gasteiger partial charge in [-0.2, -0.15) is 0 Å². The number of furan rings is 4. The molecule has 0 amide bonds. The molecule has 4 aliphatic rings. The summed E-state index contributed by atoms with van der Waals surface area (Å²) in [7, 11) is 16.7. The molecule has 4 aliphatic heterocycles. The molecule has 0 fully saturated rings. The Morgan fingerprint density at radius 2 is 0.634 bits per heavy atom. The van der Waals surface area contributed by atoms with E-state index in [4.69, 9.17) is 17.7 Å². The minimum atomic E-state index is 0.170. The quantitative estimate of drug-likeness (QED) is 0.184. The standard InChI is InChI=1S/C19H21BN3O.3C18H19BN3O/c1-12-8-18(22(4)10-13(12)2)20-9-16-15-7-6-14(3)21-19(15)24-17(16)11-23(20)5;2*1-12-5-8-17(21(3)10-12)19-9-15-14-7-6-13(2)20-18(14)23-16(15)11-22(19)4;1-12-7-8-21(3)17(9-12)19-10-15-14-6-5-13(2)20-18(14)23-16(15)11-22(19)4/h6-11H,1-5H3;3*5-11H,1-4H3/q4*+1. The molecule has 0 spiro atoms. The van der Waals surface area contributed by atoms with Gasteiger partial charge in [0.2, 0.25) is 22.9 Å². The fourth-order valence-corrected chi connectivity index (χ4v) is 13.2. The van der Waals surface area contributed by atoms with Gasteiger partial charge in [-0.05, 0) is 174 Å². The highest BCUT2D eigenvalue weighted by Crippen LogP contribution is 2.14. The highest BCUT2D eigenvalue weighted by Gasteiger charge is 2.35. The average molecular weight is 1230 g/mol. The molecule has 16 nitrogen and oxygen atoms in total. The van der Waals surface area contributed by atoms with Gasteiger partial charge in [-0.15, -0.1) is 0 Å². The smallest absolute Gasteiger partial charge is 0.396 e. The maximum atomic E-state index is 5.95. The number of hydrogen-bond donors (Lipinski definition) is 0. The van der Waals surface area contributed by atoms with Crippen LogP contribution in [0.2, 0.25) is 0 Å². The van der Waals surface area contributed by atoms with Gasteiger partial charge in [-0.25, -0.2) is 38.2 Å². The molecular weight excluding hydrogens is 1150 g/mol. The highest BCUT2D eigenvalue weighted by atomic mass is 16.3. The van der Waals surface area contributed by atoms with Crippen molar-refractivity contribution in [3.8, 4) is 0 Å². The van der Waals surface area contributed by atoms with E-state index in [0.717, 1.165) is 86.9 Å². The van der Waals surface area contributed by atoms with Crippen molar-refractivity contribution in [2.75, 3.05) is 28.2 Å². The molecule has 462 valence electrons. The van der Waals surface area contributed by atoms with E-state index in [9.17, 15) is 0 Å². The summed E-state index contributed by atoms with van der Waals surface area (Å²) in [5.74, 6) is 9.08. The van der Waals surface area contributed by atoms with Crippen molar-refractivity contribution in [1.82, 2.24) is 39.2 Å². The summed E-state index contributed by atoms with van der Waals surface area (Å²) in [6, 6.07) is 31.9. The summed E-state index contributed by atoms with van der Waals surface area (Å²) in [6.45, 7) is 19.3. The van der Waals surface area contributed by atoms with Crippen LogP contribution in [0.25, 0.3) is 93.1 Å². The molecule has 0 saturated carbocycles. The fraction of sp³-hybridized carbons (Fsp3) is 0.233. The lowest BCUT2D eigenvalue weighted by Gasteiger charge is -2.21. The van der Waals surface area contributed by atoms with Crippen LogP contribution in [-0.4, -0.2) is 94.8 Å². The zero-order valence-corrected chi connectivity index (χ0v) is 56.4. The predicted octanol–water partition coefficient (Wildman–Crippen LogP) is 0.992. The Kier molecular flexibility index (Phi) is 16.2. The molecule has 16 rings (SSSR count). The fourth-order valence-electron chi connectivity index (χ4n) is 13.2. The van der Waals surface area contributed by atoms with Gasteiger partial charge in [0.05, 0.1) is 0 Å². The number of aromatic nitrogens is 8. The lowest BCUT2D eigenvalue weighted by molar-refractivity contribution is -0.654. The average Bonchev–Trinajstić information content (AvgIpc) is 1.68. The van der Waals surface area contributed by atoms with Gasteiger partial charge in [0.1, 0.15) is 28.2 Å². The summed E-state index contributed by atoms with van der Waals surface area (Å²) in [5.41, 5.74) is 21.7. The molecule has 12 aromatic rings. The summed E-state index contributed by atoms with van der Waals surface area (Å²) in [4.78, 5) is 26.8. The molecule has 0 aliphatic carbocycles. The van der Waals surface area contributed by atoms with Crippen LogP contribution in [0.1, 0.15) is 50.6 Å². The molecule has 0 saturated heterocycles. The Morgan fingerprint density at radius 1 is 0.323 bits per heavy atom. The molecule has 93 heavy (non-hydrogen) atoms. The van der Waals surface area contributed by atoms with Gasteiger partial charge >= 0.3 is 27.4 Å². The molecule has 0 unspecified atom stereocenters. The largest absolute Gasteiger partial charge is 0.436 e. The normalized spacial score (nSPS) is 13.7. The molecule has 0 N–H and O–H groups in total. The van der Waals surface area contributed by atoms with E-state index in [1.807, 2.05) is 52.0 Å². The minimum Gasteiger partial charge on any atom is -0.436 e. The summed E-state index contributed by atoms with van der Waals surface area (Å²) >= 11 is 0. The number of fused-ring (bicyclic) bond motifs is 12. The summed E-state index contributed by atoms with van der Waals surface area (Å²) < 4.78 is 32.5. The number of nitrogens with zero attached hydrogens (tertiary/aromatic N) is 12. The highest BCUT2D eigenvalue weighted by molar-refractivity contribution is 6.84. The van der Waals surface area contributed by atoms with Crippen LogP contribution in [0.5, 0.6) is 0 Å². The van der Waals surface area contributed by atoms with E-state index in [1.54, 1.807) is 0 Å². The van der Waals surface area contributed by atoms with Gasteiger partial charge in [-0.1, -0.05) is 23.9 Å². The number of pyridine rings is 8. The van der Waals surface area contributed by atoms with E-state index in [2.05, 4.69) is 289 Å². The van der Waals surface area contributed by atoms with Crippen LogP contribution < -0.4 is 83.2 Å². The first-order valence-corrected chi connectivity index (χ1v) is 31.6. The van der Waals surface area contributed by atoms with Crippen LogP contribution >= 0.6 is 0 Å². The SMILES string of the molecule is Cc1cc[n+](C)c(B2C=c3c(oc4nc(C)ccc34)=CN2C)c1.Cc1ccc(B2C=c3c(oc4nc(C)ccc34)=CN2C)[n+](C)c1.Cc1ccc(B2C=c3c(oc4nc(C)ccc34)=CN2C)[n+](C)c1.Cc1ccc2c3c(oc2n1)=CN(C)B(c1cc(C)c(C)c[n+]1C)C=3. The van der Waals surface area contributed by atoms with Crippen LogP contribution in [0.3, 0.4) is 0 Å². The molecule has 0 aromatic carbocycles. The molecule has 16 heterocycles. The zero-order valence-electron chi connectivity index (χ0n) is 56.4. The molecule has 0 radical (unpaired) electrons. The van der Waals surface area contributed by atoms with E-state index >= 15 is 0 Å². The first-order valence-electron chi connectivity index (χ1n) is 31.6. The van der Waals surface area contributed by atoms with Crippen LogP contribution in [-0.2, 0) is 28.2 Å². The Morgan fingerprint density at radius 3 is 0.968 bits per heavy atom. The summed E-state index contributed by atoms with van der Waals surface area (Å²) in [6.07, 6.45) is 16.9. The van der Waals surface area contributed by atoms with Crippen molar-refractivity contribution in [3.63, 3.8) is 0 Å². The first kappa shape index (κ1) is 61.6. The van der Waals surface area contributed by atoms with E-state index < -0.39 is 0 Å². The number of hydrogen-bond acceptors (Lipinski definition) is 12. The Hall–Kier alpha value is -10.2. The topological polar surface area (TPSA) is 133 Å². The van der Waals surface area contributed by atoms with Crippen LogP contribution in [0.15, 0.2) is 133 Å². The Bertz CT molecular complexity index is 5400. The number of rotatable bonds is 4. The van der Waals surface area contributed by atoms with Gasteiger partial charge in [0, 0.05) is 125 Å². The maximum Gasteiger partial charge on any atom is 0.396 e. The molecule has 0 bridgehead atoms. The van der Waals surface area contributed by atoms with Crippen molar-refractivity contribution in [2.24, 2.45) is 28.2 Å². The maximum absolute atomic E-state index is 5.95. The van der Waals surface area contributed by atoms with E-state index in [0.29, 0.717) is 22.9 Å². The van der Waals surface area contributed by atoms with Crippen LogP contribution in [0, 0.1) is 62.3 Å². The Labute approximate surface area is 542 Å². The first-order chi connectivity index (χ1) is 44.5. The van der Waals surface area contributed by atoms with Crippen molar-refractivity contribution >= 4 is 143 Å². The molecular formula is C73H78B4N12O4+4. The molecule has 12 aromatic heterocycles. The summed E-state index contributed by atoms with van der Waals surface area (Å²) in [5, 5.41) is 8.86. The van der Waals surface area contributed by atoms with E-state index in [-0.39, 0.29) is 27.4 Å². The third-order valence-electron chi connectivity index (χ3n) is 18.4. The van der Waals surface area contributed by atoms with Crippen LogP contribution in [0.4, 0.5) is 0 Å². The third-order valence-corrected chi connectivity index (χ3v) is 18.4. The van der Waals surface area contributed by atoms with Crippen molar-refractivity contribution in [3.05, 3.63) is 209 Å². The monoisotopic (exact) mass is 1230 g/mol. The predicted molar refractivity (Wildman–Crippen MR) is 374 cm³/mol. The zero-order chi connectivity index (χ0) is 65.4. The van der Waals surface area contributed by atoms with Gasteiger partial charge in [0.15, 0.2) is 68.8 Å². The van der Waals surface area contributed by atoms with Gasteiger partial charge in [0.25, 0.3) is 0 Å². The lowest BCUT2D eigenvalue weighted by atomic mass is 9.55. The molecule has 0 atom stereocenters. The minimum absolute atomic E-state index is 0.170. The number of aryl methyl sites for hydroxylation is 13. The van der Waals surface area contributed by atoms with Crippen molar-refractivity contribution < 1.29 is 35.9 Å². The van der Waals surface area contributed by atoms with Gasteiger partial charge < -0.3 is 36.9 Å².